The van der Waals surface area contributed by atoms with Crippen molar-refractivity contribution in [1.29, 1.82) is 0 Å². The van der Waals surface area contributed by atoms with Gasteiger partial charge < -0.3 is 10.5 Å². The van der Waals surface area contributed by atoms with Crippen LogP contribution >= 0.6 is 0 Å². The zero-order valence-corrected chi connectivity index (χ0v) is 10.5. The fraction of sp³-hybridized carbons (Fsp3) is 0.200. The first-order valence-electron chi connectivity index (χ1n) is 5.86. The molecule has 2 N–H and O–H groups in total. The molecule has 1 atom stereocenters. The molecular weight excluding hydrogens is 229 g/mol. The number of aryl methyl sites for hydroxylation is 1. The Kier molecular flexibility index (Phi) is 3.63. The molecule has 0 fully saturated rings. The lowest BCUT2D eigenvalue weighted by atomic mass is 10.1. The van der Waals surface area contributed by atoms with Gasteiger partial charge in [0.05, 0.1) is 0 Å². The molecule has 0 aliphatic carbocycles. The quantitative estimate of drug-likeness (QED) is 0.888. The van der Waals surface area contributed by atoms with Crippen molar-refractivity contribution in [1.82, 2.24) is 0 Å². The Labute approximate surface area is 106 Å². The molecule has 0 bridgehead atoms. The van der Waals surface area contributed by atoms with Gasteiger partial charge >= 0.3 is 0 Å². The monoisotopic (exact) mass is 245 g/mol. The summed E-state index contributed by atoms with van der Waals surface area (Å²) in [5.74, 6) is 0.813. The zero-order valence-electron chi connectivity index (χ0n) is 10.5. The van der Waals surface area contributed by atoms with Gasteiger partial charge in [-0.05, 0) is 43.7 Å². The Morgan fingerprint density at radius 3 is 2.56 bits per heavy atom. The van der Waals surface area contributed by atoms with E-state index in [0.717, 1.165) is 5.56 Å². The minimum atomic E-state index is -0.411. The molecule has 94 valence electrons. The molecule has 0 saturated carbocycles. The lowest BCUT2D eigenvalue weighted by Crippen LogP contribution is -2.09. The Balaban J connectivity index is 2.37. The molecule has 2 nitrogen and oxygen atoms in total. The maximum absolute atomic E-state index is 13.7. The molecule has 0 unspecified atom stereocenters. The van der Waals surface area contributed by atoms with Gasteiger partial charge in [0, 0.05) is 11.6 Å². The summed E-state index contributed by atoms with van der Waals surface area (Å²) < 4.78 is 19.4. The number of hydrogen-bond acceptors (Lipinski definition) is 2. The highest BCUT2D eigenvalue weighted by molar-refractivity contribution is 5.41. The van der Waals surface area contributed by atoms with Gasteiger partial charge in [-0.15, -0.1) is 0 Å². The second-order valence-electron chi connectivity index (χ2n) is 4.36. The average Bonchev–Trinajstić information content (AvgIpc) is 2.28. The summed E-state index contributed by atoms with van der Waals surface area (Å²) in [5.41, 5.74) is 7.27. The molecular formula is C15H16FNO. The minimum absolute atomic E-state index is 0.338. The predicted molar refractivity (Wildman–Crippen MR) is 70.3 cm³/mol. The van der Waals surface area contributed by atoms with Gasteiger partial charge in [-0.3, -0.25) is 0 Å². The Bertz CT molecular complexity index is 552. The fourth-order valence-electron chi connectivity index (χ4n) is 1.85. The van der Waals surface area contributed by atoms with Crippen LogP contribution < -0.4 is 10.5 Å². The standard InChI is InChI=1S/C15H16FNO/c1-10-5-3-6-12(9-10)18-14-8-4-7-13(16)15(14)11(2)17/h3-9,11H,17H2,1-2H3/t11-/m1/s1. The topological polar surface area (TPSA) is 35.2 Å². The number of hydrogen-bond donors (Lipinski definition) is 1. The highest BCUT2D eigenvalue weighted by atomic mass is 19.1. The van der Waals surface area contributed by atoms with Crippen molar-refractivity contribution in [2.75, 3.05) is 0 Å². The van der Waals surface area contributed by atoms with Crippen molar-refractivity contribution in [3.8, 4) is 11.5 Å². The third kappa shape index (κ3) is 2.68. The van der Waals surface area contributed by atoms with E-state index in [2.05, 4.69) is 0 Å². The lowest BCUT2D eigenvalue weighted by molar-refractivity contribution is 0.460. The molecule has 0 heterocycles. The van der Waals surface area contributed by atoms with Gasteiger partial charge in [0.1, 0.15) is 17.3 Å². The Morgan fingerprint density at radius 2 is 1.89 bits per heavy atom. The molecule has 0 aromatic heterocycles. The first-order chi connectivity index (χ1) is 8.58. The maximum Gasteiger partial charge on any atom is 0.135 e. The van der Waals surface area contributed by atoms with E-state index in [4.69, 9.17) is 10.5 Å². The smallest absolute Gasteiger partial charge is 0.135 e. The number of rotatable bonds is 3. The fourth-order valence-corrected chi connectivity index (χ4v) is 1.85. The Hall–Kier alpha value is -1.87. The number of nitrogens with two attached hydrogens (primary N) is 1. The van der Waals surface area contributed by atoms with Crippen LogP contribution in [0.15, 0.2) is 42.5 Å². The molecule has 0 saturated heterocycles. The molecule has 0 aliphatic heterocycles. The highest BCUT2D eigenvalue weighted by Gasteiger charge is 2.14. The molecule has 18 heavy (non-hydrogen) atoms. The van der Waals surface area contributed by atoms with Gasteiger partial charge in [-0.25, -0.2) is 4.39 Å². The van der Waals surface area contributed by atoms with Gasteiger partial charge in [-0.1, -0.05) is 18.2 Å². The summed E-state index contributed by atoms with van der Waals surface area (Å²) in [6.07, 6.45) is 0. The van der Waals surface area contributed by atoms with E-state index in [9.17, 15) is 4.39 Å². The minimum Gasteiger partial charge on any atom is -0.457 e. The summed E-state index contributed by atoms with van der Waals surface area (Å²) in [6.45, 7) is 3.71. The van der Waals surface area contributed by atoms with E-state index in [1.54, 1.807) is 19.1 Å². The molecule has 0 radical (unpaired) electrons. The van der Waals surface area contributed by atoms with Crippen LogP contribution in [0, 0.1) is 12.7 Å². The third-order valence-electron chi connectivity index (χ3n) is 2.69. The van der Waals surface area contributed by atoms with E-state index >= 15 is 0 Å². The third-order valence-corrected chi connectivity index (χ3v) is 2.69. The molecule has 2 rings (SSSR count). The van der Waals surface area contributed by atoms with Crippen LogP contribution in [0.5, 0.6) is 11.5 Å². The molecule has 3 heteroatoms. The average molecular weight is 245 g/mol. The normalized spacial score (nSPS) is 12.2. The first-order valence-corrected chi connectivity index (χ1v) is 5.86. The summed E-state index contributed by atoms with van der Waals surface area (Å²) in [7, 11) is 0. The van der Waals surface area contributed by atoms with Crippen molar-refractivity contribution >= 4 is 0 Å². The van der Waals surface area contributed by atoms with Crippen molar-refractivity contribution < 1.29 is 9.13 Å². The van der Waals surface area contributed by atoms with E-state index in [1.165, 1.54) is 6.07 Å². The van der Waals surface area contributed by atoms with Crippen LogP contribution in [-0.4, -0.2) is 0 Å². The summed E-state index contributed by atoms with van der Waals surface area (Å²) in [6, 6.07) is 11.9. The molecule has 0 aliphatic rings. The van der Waals surface area contributed by atoms with Crippen LogP contribution in [0.1, 0.15) is 24.1 Å². The largest absolute Gasteiger partial charge is 0.457 e. The van der Waals surface area contributed by atoms with Gasteiger partial charge in [0.15, 0.2) is 0 Å². The van der Waals surface area contributed by atoms with Gasteiger partial charge in [0.2, 0.25) is 0 Å². The SMILES string of the molecule is Cc1cccc(Oc2cccc(F)c2[C@@H](C)N)c1. The van der Waals surface area contributed by atoms with Crippen LogP contribution in [-0.2, 0) is 0 Å². The molecule has 2 aromatic carbocycles. The van der Waals surface area contributed by atoms with E-state index in [1.807, 2.05) is 31.2 Å². The number of ether oxygens (including phenoxy) is 1. The summed E-state index contributed by atoms with van der Waals surface area (Å²) in [4.78, 5) is 0. The van der Waals surface area contributed by atoms with Crippen molar-refractivity contribution in [2.45, 2.75) is 19.9 Å². The van der Waals surface area contributed by atoms with Crippen LogP contribution in [0.3, 0.4) is 0 Å². The zero-order chi connectivity index (χ0) is 13.1. The van der Waals surface area contributed by atoms with E-state index in [0.29, 0.717) is 17.1 Å². The Morgan fingerprint density at radius 1 is 1.17 bits per heavy atom. The number of benzene rings is 2. The van der Waals surface area contributed by atoms with Crippen LogP contribution in [0.2, 0.25) is 0 Å². The second kappa shape index (κ2) is 5.19. The molecule has 0 spiro atoms. The van der Waals surface area contributed by atoms with Gasteiger partial charge in [-0.2, -0.15) is 0 Å². The number of halogens is 1. The first kappa shape index (κ1) is 12.6. The van der Waals surface area contributed by atoms with Crippen LogP contribution in [0.4, 0.5) is 4.39 Å². The summed E-state index contributed by atoms with van der Waals surface area (Å²) in [5, 5.41) is 0. The molecule has 2 aromatic rings. The maximum atomic E-state index is 13.7. The molecule has 0 amide bonds. The van der Waals surface area contributed by atoms with Crippen molar-refractivity contribution in [2.24, 2.45) is 5.73 Å². The predicted octanol–water partition coefficient (Wildman–Crippen LogP) is 3.95. The van der Waals surface area contributed by atoms with Crippen molar-refractivity contribution in [3.63, 3.8) is 0 Å². The lowest BCUT2D eigenvalue weighted by Gasteiger charge is -2.14. The van der Waals surface area contributed by atoms with E-state index in [-0.39, 0.29) is 5.82 Å². The second-order valence-corrected chi connectivity index (χ2v) is 4.36. The van der Waals surface area contributed by atoms with Crippen molar-refractivity contribution in [3.05, 3.63) is 59.4 Å². The van der Waals surface area contributed by atoms with Crippen LogP contribution in [0.25, 0.3) is 0 Å². The highest BCUT2D eigenvalue weighted by Crippen LogP contribution is 2.30. The van der Waals surface area contributed by atoms with E-state index < -0.39 is 6.04 Å². The summed E-state index contributed by atoms with van der Waals surface area (Å²) >= 11 is 0. The van der Waals surface area contributed by atoms with Gasteiger partial charge in [0.25, 0.3) is 0 Å².